The van der Waals surface area contributed by atoms with Gasteiger partial charge in [-0.2, -0.15) is 0 Å². The summed E-state index contributed by atoms with van der Waals surface area (Å²) >= 11 is 0. The fourth-order valence-corrected chi connectivity index (χ4v) is 4.14. The molecule has 0 aliphatic carbocycles. The van der Waals surface area contributed by atoms with Crippen molar-refractivity contribution in [2.75, 3.05) is 27.3 Å². The molecule has 1 saturated heterocycles. The molecule has 33 heavy (non-hydrogen) atoms. The van der Waals surface area contributed by atoms with Gasteiger partial charge in [-0.05, 0) is 60.2 Å². The third-order valence-electron chi connectivity index (χ3n) is 6.24. The summed E-state index contributed by atoms with van der Waals surface area (Å²) in [5.41, 5.74) is 10.1. The normalized spacial score (nSPS) is 23.3. The molecular weight excluding hydrogens is 422 g/mol. The third kappa shape index (κ3) is 7.83. The van der Waals surface area contributed by atoms with Gasteiger partial charge in [-0.25, -0.2) is 0 Å². The molecule has 0 radical (unpaired) electrons. The average molecular weight is 468 g/mol. The van der Waals surface area contributed by atoms with Crippen LogP contribution >= 0.6 is 0 Å². The topological polar surface area (TPSA) is 103 Å². The molecular formula is C25H39N3O5. The van der Waals surface area contributed by atoms with Crippen LogP contribution in [0.1, 0.15) is 60.7 Å². The van der Waals surface area contributed by atoms with Gasteiger partial charge >= 0.3 is 5.97 Å². The minimum atomic E-state index is -2.68. The van der Waals surface area contributed by atoms with E-state index in [1.54, 1.807) is 12.1 Å². The van der Waals surface area contributed by atoms with Crippen LogP contribution in [0.2, 0.25) is 0 Å². The number of benzene rings is 1. The van der Waals surface area contributed by atoms with Crippen molar-refractivity contribution in [1.29, 1.82) is 0 Å². The number of esters is 1. The molecule has 184 valence electrons. The first kappa shape index (κ1) is 18.9. The molecule has 2 unspecified atom stereocenters. The Bertz CT molecular complexity index is 995. The summed E-state index contributed by atoms with van der Waals surface area (Å²) in [6, 6.07) is 4.48. The van der Waals surface area contributed by atoms with Crippen molar-refractivity contribution in [2.45, 2.75) is 65.5 Å². The van der Waals surface area contributed by atoms with Gasteiger partial charge in [-0.15, -0.1) is 0 Å². The van der Waals surface area contributed by atoms with Crippen LogP contribution in [0.3, 0.4) is 0 Å². The van der Waals surface area contributed by atoms with Crippen LogP contribution in [-0.4, -0.2) is 45.4 Å². The van der Waals surface area contributed by atoms with E-state index in [0.717, 1.165) is 5.56 Å². The summed E-state index contributed by atoms with van der Waals surface area (Å²) in [5, 5.41) is 3.99. The second-order valence-corrected chi connectivity index (χ2v) is 9.21. The Morgan fingerprint density at radius 3 is 2.70 bits per heavy atom. The van der Waals surface area contributed by atoms with E-state index in [2.05, 4.69) is 23.9 Å². The Hall–Kier alpha value is -2.44. The number of rotatable bonds is 14. The van der Waals surface area contributed by atoms with E-state index < -0.39 is 26.2 Å². The lowest BCUT2D eigenvalue weighted by Gasteiger charge is -2.27. The fourth-order valence-electron chi connectivity index (χ4n) is 4.14. The molecule has 0 amide bonds. The zero-order valence-corrected chi connectivity index (χ0v) is 19.8. The van der Waals surface area contributed by atoms with Crippen LogP contribution in [-0.2, 0) is 20.7 Å². The Balaban J connectivity index is 2.18. The first-order valence-corrected chi connectivity index (χ1v) is 11.4. The minimum absolute atomic E-state index is 0.0427. The predicted molar refractivity (Wildman–Crippen MR) is 127 cm³/mol. The van der Waals surface area contributed by atoms with Crippen molar-refractivity contribution < 1.29 is 32.0 Å². The standard InChI is InChI=1S/C25H39N3O5/c1-16(2)19(14-21(27-28-26)23-15-20(17(3)4)25(29)33-23)12-18-8-9-22(31-6)24(13-18)32-11-7-10-30-5/h8-9,13,16-17,19-21,23H,7,10-12,14-15H2,1-6H3/t19-,20-,21?,23?/m0/s1/i5D3,6D3. The highest BCUT2D eigenvalue weighted by molar-refractivity contribution is 5.75. The van der Waals surface area contributed by atoms with Gasteiger partial charge in [-0.1, -0.05) is 38.9 Å². The molecule has 2 rings (SSSR count). The Labute approximate surface area is 206 Å². The minimum Gasteiger partial charge on any atom is -0.493 e. The van der Waals surface area contributed by atoms with E-state index in [1.165, 1.54) is 6.07 Å². The van der Waals surface area contributed by atoms with Gasteiger partial charge in [0.05, 0.1) is 33.8 Å². The van der Waals surface area contributed by atoms with Crippen molar-refractivity contribution in [3.8, 4) is 11.5 Å². The van der Waals surface area contributed by atoms with E-state index in [1.807, 2.05) is 13.8 Å². The molecule has 0 bridgehead atoms. The molecule has 0 N–H and O–H groups in total. The second kappa shape index (κ2) is 13.3. The molecule has 0 saturated carbocycles. The molecule has 1 aliphatic rings. The van der Waals surface area contributed by atoms with Gasteiger partial charge in [0.25, 0.3) is 0 Å². The number of hydrogen-bond donors (Lipinski definition) is 0. The van der Waals surface area contributed by atoms with Crippen molar-refractivity contribution in [3.63, 3.8) is 0 Å². The average Bonchev–Trinajstić information content (AvgIpc) is 3.19. The first-order valence-electron chi connectivity index (χ1n) is 14.4. The number of hydrogen-bond acceptors (Lipinski definition) is 6. The highest BCUT2D eigenvalue weighted by Crippen LogP contribution is 2.35. The van der Waals surface area contributed by atoms with Crippen molar-refractivity contribution in [1.82, 2.24) is 0 Å². The zero-order valence-electron chi connectivity index (χ0n) is 25.8. The van der Waals surface area contributed by atoms with Crippen LogP contribution < -0.4 is 9.47 Å². The quantitative estimate of drug-likeness (QED) is 0.117. The van der Waals surface area contributed by atoms with Crippen LogP contribution in [0.25, 0.3) is 10.4 Å². The number of carbonyl (C=O) groups is 1. The SMILES string of the molecule is [2H]C([2H])([2H])OCCCOc1cc(C[C@@H](CC(N=[N+]=[N-])C2C[C@@H](C(C)C)C(=O)O2)C(C)C)ccc1OC([2H])([2H])[2H]. The Morgan fingerprint density at radius 2 is 2.06 bits per heavy atom. The smallest absolute Gasteiger partial charge is 0.309 e. The van der Waals surface area contributed by atoms with E-state index >= 15 is 0 Å². The second-order valence-electron chi connectivity index (χ2n) is 9.21. The third-order valence-corrected chi connectivity index (χ3v) is 6.24. The lowest BCUT2D eigenvalue weighted by Crippen LogP contribution is -2.29. The van der Waals surface area contributed by atoms with Crippen molar-refractivity contribution in [3.05, 3.63) is 34.2 Å². The lowest BCUT2D eigenvalue weighted by atomic mass is 9.82. The van der Waals surface area contributed by atoms with Gasteiger partial charge in [0.15, 0.2) is 11.5 Å². The van der Waals surface area contributed by atoms with Crippen LogP contribution in [0, 0.1) is 23.7 Å². The van der Waals surface area contributed by atoms with Gasteiger partial charge in [0, 0.05) is 25.0 Å². The summed E-state index contributed by atoms with van der Waals surface area (Å²) in [7, 11) is -5.18. The van der Waals surface area contributed by atoms with Crippen molar-refractivity contribution >= 4 is 5.97 Å². The van der Waals surface area contributed by atoms with Crippen LogP contribution in [0.4, 0.5) is 0 Å². The predicted octanol–water partition coefficient (Wildman–Crippen LogP) is 5.58. The van der Waals surface area contributed by atoms with Gasteiger partial charge < -0.3 is 18.9 Å². The van der Waals surface area contributed by atoms with Gasteiger partial charge in [0.1, 0.15) is 6.10 Å². The van der Waals surface area contributed by atoms with Gasteiger partial charge in [0.2, 0.25) is 0 Å². The maximum atomic E-state index is 12.3. The molecule has 1 aromatic carbocycles. The van der Waals surface area contributed by atoms with E-state index in [-0.39, 0.29) is 60.8 Å². The summed E-state index contributed by atoms with van der Waals surface area (Å²) in [4.78, 5) is 15.3. The molecule has 1 fully saturated rings. The summed E-state index contributed by atoms with van der Waals surface area (Å²) in [5.74, 6) is 0.150. The molecule has 8 nitrogen and oxygen atoms in total. The number of ether oxygens (including phenoxy) is 4. The molecule has 8 heteroatoms. The zero-order chi connectivity index (χ0) is 29.4. The fraction of sp³-hybridized carbons (Fsp3) is 0.720. The van der Waals surface area contributed by atoms with Gasteiger partial charge in [-0.3, -0.25) is 4.79 Å². The van der Waals surface area contributed by atoms with E-state index in [4.69, 9.17) is 27.2 Å². The highest BCUT2D eigenvalue weighted by Gasteiger charge is 2.40. The highest BCUT2D eigenvalue weighted by atomic mass is 16.6. The largest absolute Gasteiger partial charge is 0.493 e. The van der Waals surface area contributed by atoms with Crippen molar-refractivity contribution in [2.24, 2.45) is 28.8 Å². The van der Waals surface area contributed by atoms with E-state index in [9.17, 15) is 10.3 Å². The molecule has 1 aromatic rings. The maximum Gasteiger partial charge on any atom is 0.309 e. The number of nitrogens with zero attached hydrogens (tertiary/aromatic N) is 3. The number of azide groups is 1. The first-order chi connectivity index (χ1) is 18.1. The summed E-state index contributed by atoms with van der Waals surface area (Å²) < 4.78 is 64.9. The van der Waals surface area contributed by atoms with Crippen LogP contribution in [0.5, 0.6) is 11.5 Å². The Kier molecular flexibility index (Phi) is 7.64. The summed E-state index contributed by atoms with van der Waals surface area (Å²) in [6.07, 6.45) is 1.37. The molecule has 1 heterocycles. The molecule has 4 atom stereocenters. The lowest BCUT2D eigenvalue weighted by molar-refractivity contribution is -0.145. The molecule has 0 spiro atoms. The molecule has 0 aromatic heterocycles. The maximum absolute atomic E-state index is 12.3. The van der Waals surface area contributed by atoms with Crippen LogP contribution in [0.15, 0.2) is 23.3 Å². The number of cyclic esters (lactones) is 1. The van der Waals surface area contributed by atoms with E-state index in [0.29, 0.717) is 19.3 Å². The number of methoxy groups -OCH3 is 2. The Morgan fingerprint density at radius 1 is 1.24 bits per heavy atom. The monoisotopic (exact) mass is 467 g/mol. The summed E-state index contributed by atoms with van der Waals surface area (Å²) in [6.45, 7) is 8.09. The molecule has 1 aliphatic heterocycles. The number of carbonyl (C=O) groups excluding carboxylic acids is 1.